The van der Waals surface area contributed by atoms with E-state index in [1.54, 1.807) is 0 Å². The molecular formula is C10H23N3O4. The summed E-state index contributed by atoms with van der Waals surface area (Å²) in [6, 6.07) is -0.843. The maximum Gasteiger partial charge on any atom is 0.320 e. The van der Waals surface area contributed by atoms with Crippen LogP contribution < -0.4 is 11.5 Å². The third kappa shape index (κ3) is 9.02. The van der Waals surface area contributed by atoms with Gasteiger partial charge in [0.05, 0.1) is 6.10 Å². The minimum atomic E-state index is -1.01. The number of unbranched alkanes of at least 4 members (excludes halogenated alkanes) is 1. The Hall–Kier alpha value is -0.730. The lowest BCUT2D eigenvalue weighted by molar-refractivity contribution is -0.138. The van der Waals surface area contributed by atoms with Gasteiger partial charge in [-0.05, 0) is 32.2 Å². The minimum absolute atomic E-state index is 0.155. The molecule has 102 valence electrons. The van der Waals surface area contributed by atoms with Crippen molar-refractivity contribution in [3.8, 4) is 0 Å². The number of carbonyl (C=O) groups is 1. The number of hydrogen-bond acceptors (Lipinski definition) is 6. The second-order valence-electron chi connectivity index (χ2n) is 4.08. The Morgan fingerprint density at radius 3 is 2.47 bits per heavy atom. The molecule has 7 heteroatoms. The van der Waals surface area contributed by atoms with Gasteiger partial charge in [-0.3, -0.25) is 4.79 Å². The monoisotopic (exact) mass is 249 g/mol. The molecule has 2 unspecified atom stereocenters. The fourth-order valence-electron chi connectivity index (χ4n) is 1.40. The molecule has 0 bridgehead atoms. The number of aliphatic carboxylic acids is 1. The third-order valence-electron chi connectivity index (χ3n) is 2.42. The van der Waals surface area contributed by atoms with Crippen LogP contribution in [0.15, 0.2) is 0 Å². The first-order chi connectivity index (χ1) is 7.97. The summed E-state index contributed by atoms with van der Waals surface area (Å²) in [5, 5.41) is 28.3. The average Bonchev–Trinajstić information content (AvgIpc) is 2.24. The molecule has 0 radical (unpaired) electrons. The van der Waals surface area contributed by atoms with Crippen LogP contribution in [0.2, 0.25) is 0 Å². The van der Waals surface area contributed by atoms with E-state index in [9.17, 15) is 15.1 Å². The Kier molecular flexibility index (Phi) is 8.92. The Labute approximate surface area is 101 Å². The van der Waals surface area contributed by atoms with Crippen LogP contribution in [-0.4, -0.2) is 58.2 Å². The van der Waals surface area contributed by atoms with Crippen LogP contribution in [0.3, 0.4) is 0 Å². The summed E-state index contributed by atoms with van der Waals surface area (Å²) < 4.78 is 0. The second-order valence-corrected chi connectivity index (χ2v) is 4.08. The molecule has 17 heavy (non-hydrogen) atoms. The van der Waals surface area contributed by atoms with E-state index in [4.69, 9.17) is 16.6 Å². The maximum atomic E-state index is 10.4. The lowest BCUT2D eigenvalue weighted by Crippen LogP contribution is -2.32. The molecule has 7 nitrogen and oxygen atoms in total. The molecule has 0 aromatic rings. The summed E-state index contributed by atoms with van der Waals surface area (Å²) in [6.45, 7) is 0.915. The number of nitrogens with two attached hydrogens (primary N) is 2. The molecule has 0 aliphatic heterocycles. The molecular weight excluding hydrogens is 226 g/mol. The first-order valence-electron chi connectivity index (χ1n) is 5.77. The molecule has 0 amide bonds. The van der Waals surface area contributed by atoms with Crippen LogP contribution in [0.5, 0.6) is 0 Å². The fraction of sp³-hybridized carbons (Fsp3) is 0.900. The standard InChI is InChI=1S/C10H23N3O4/c11-5-4-8(14)7-13(17)6-2-1-3-9(12)10(15)16/h8-9,14,17H,1-7,11-12H2,(H,15,16). The van der Waals surface area contributed by atoms with Gasteiger partial charge in [0.25, 0.3) is 0 Å². The van der Waals surface area contributed by atoms with Gasteiger partial charge in [0.2, 0.25) is 0 Å². The van der Waals surface area contributed by atoms with Gasteiger partial charge in [0.15, 0.2) is 0 Å². The Bertz CT molecular complexity index is 216. The highest BCUT2D eigenvalue weighted by Gasteiger charge is 2.12. The van der Waals surface area contributed by atoms with Gasteiger partial charge >= 0.3 is 5.97 Å². The molecule has 0 spiro atoms. The summed E-state index contributed by atoms with van der Waals surface area (Å²) in [7, 11) is 0. The van der Waals surface area contributed by atoms with Gasteiger partial charge in [-0.25, -0.2) is 0 Å². The molecule has 2 atom stereocenters. The van der Waals surface area contributed by atoms with Crippen molar-refractivity contribution in [2.75, 3.05) is 19.6 Å². The fourth-order valence-corrected chi connectivity index (χ4v) is 1.40. The Morgan fingerprint density at radius 1 is 1.29 bits per heavy atom. The first-order valence-corrected chi connectivity index (χ1v) is 5.77. The number of carboxylic acids is 1. The van der Waals surface area contributed by atoms with Crippen molar-refractivity contribution in [1.82, 2.24) is 5.06 Å². The number of nitrogens with zero attached hydrogens (tertiary/aromatic N) is 1. The summed E-state index contributed by atoms with van der Waals surface area (Å²) in [4.78, 5) is 10.4. The maximum absolute atomic E-state index is 10.4. The number of hydrogen-bond donors (Lipinski definition) is 5. The first kappa shape index (κ1) is 16.3. The molecule has 0 aliphatic rings. The molecule has 0 fully saturated rings. The molecule has 7 N–H and O–H groups in total. The summed E-state index contributed by atoms with van der Waals surface area (Å²) in [5.74, 6) is -1.01. The lowest BCUT2D eigenvalue weighted by atomic mass is 10.1. The van der Waals surface area contributed by atoms with Crippen molar-refractivity contribution < 1.29 is 20.2 Å². The Balaban J connectivity index is 3.51. The van der Waals surface area contributed by atoms with Crippen molar-refractivity contribution in [2.45, 2.75) is 37.8 Å². The van der Waals surface area contributed by atoms with Crippen molar-refractivity contribution in [2.24, 2.45) is 11.5 Å². The summed E-state index contributed by atoms with van der Waals surface area (Å²) >= 11 is 0. The van der Waals surface area contributed by atoms with Crippen molar-refractivity contribution >= 4 is 5.97 Å². The van der Waals surface area contributed by atoms with E-state index in [1.165, 1.54) is 0 Å². The van der Waals surface area contributed by atoms with Crippen molar-refractivity contribution in [3.05, 3.63) is 0 Å². The van der Waals surface area contributed by atoms with Crippen LogP contribution in [0.4, 0.5) is 0 Å². The largest absolute Gasteiger partial charge is 0.480 e. The highest BCUT2D eigenvalue weighted by molar-refractivity contribution is 5.72. The number of rotatable bonds is 10. The number of hydroxylamine groups is 2. The quantitative estimate of drug-likeness (QED) is 0.247. The van der Waals surface area contributed by atoms with Gasteiger partial charge in [-0.15, -0.1) is 0 Å². The molecule has 0 saturated heterocycles. The smallest absolute Gasteiger partial charge is 0.320 e. The number of aliphatic hydroxyl groups is 1. The lowest BCUT2D eigenvalue weighted by Gasteiger charge is -2.18. The number of carboxylic acid groups (broad SMARTS) is 1. The highest BCUT2D eigenvalue weighted by Crippen LogP contribution is 2.02. The van der Waals surface area contributed by atoms with Gasteiger partial charge < -0.3 is 26.9 Å². The van der Waals surface area contributed by atoms with E-state index in [2.05, 4.69) is 0 Å². The average molecular weight is 249 g/mol. The third-order valence-corrected chi connectivity index (χ3v) is 2.42. The van der Waals surface area contributed by atoms with Crippen LogP contribution in [0.25, 0.3) is 0 Å². The van der Waals surface area contributed by atoms with E-state index >= 15 is 0 Å². The molecule has 0 heterocycles. The highest BCUT2D eigenvalue weighted by atomic mass is 16.5. The van der Waals surface area contributed by atoms with E-state index in [-0.39, 0.29) is 6.54 Å². The van der Waals surface area contributed by atoms with Crippen molar-refractivity contribution in [3.63, 3.8) is 0 Å². The minimum Gasteiger partial charge on any atom is -0.480 e. The second kappa shape index (κ2) is 9.32. The van der Waals surface area contributed by atoms with Crippen LogP contribution in [-0.2, 0) is 4.79 Å². The van der Waals surface area contributed by atoms with Gasteiger partial charge in [-0.1, -0.05) is 0 Å². The van der Waals surface area contributed by atoms with E-state index in [0.717, 1.165) is 5.06 Å². The zero-order valence-electron chi connectivity index (χ0n) is 9.96. The van der Waals surface area contributed by atoms with Crippen LogP contribution in [0.1, 0.15) is 25.7 Å². The summed E-state index contributed by atoms with van der Waals surface area (Å²) in [5.41, 5.74) is 10.6. The molecule has 0 aromatic carbocycles. The zero-order valence-corrected chi connectivity index (χ0v) is 9.96. The number of aliphatic hydroxyl groups excluding tert-OH is 1. The molecule has 0 aliphatic carbocycles. The normalized spacial score (nSPS) is 14.9. The van der Waals surface area contributed by atoms with Crippen LogP contribution in [0, 0.1) is 0 Å². The summed E-state index contributed by atoms with van der Waals surface area (Å²) in [6.07, 6.45) is 1.45. The van der Waals surface area contributed by atoms with Gasteiger partial charge in [0, 0.05) is 13.1 Å². The van der Waals surface area contributed by atoms with Crippen molar-refractivity contribution in [1.29, 1.82) is 0 Å². The Morgan fingerprint density at radius 2 is 1.94 bits per heavy atom. The predicted octanol–water partition coefficient (Wildman–Crippen LogP) is -1.03. The van der Waals surface area contributed by atoms with Gasteiger partial charge in [-0.2, -0.15) is 5.06 Å². The SMILES string of the molecule is NCCC(O)CN(O)CCCCC(N)C(=O)O. The van der Waals surface area contributed by atoms with E-state index in [0.29, 0.717) is 38.8 Å². The molecule has 0 saturated carbocycles. The molecule has 0 aromatic heterocycles. The van der Waals surface area contributed by atoms with E-state index in [1.807, 2.05) is 0 Å². The van der Waals surface area contributed by atoms with Gasteiger partial charge in [0.1, 0.15) is 6.04 Å². The topological polar surface area (TPSA) is 133 Å². The zero-order chi connectivity index (χ0) is 13.3. The molecule has 0 rings (SSSR count). The van der Waals surface area contributed by atoms with Crippen LogP contribution >= 0.6 is 0 Å². The van der Waals surface area contributed by atoms with E-state index < -0.39 is 18.1 Å². The predicted molar refractivity (Wildman–Crippen MR) is 62.5 cm³/mol.